The lowest BCUT2D eigenvalue weighted by Gasteiger charge is -2.21. The molecule has 0 saturated carbocycles. The summed E-state index contributed by atoms with van der Waals surface area (Å²) < 4.78 is 7.91. The number of anilines is 2. The number of nitrogens with zero attached hydrogens (tertiary/aromatic N) is 6. The van der Waals surface area contributed by atoms with Crippen LogP contribution in [-0.2, 0) is 40.3 Å². The Hall–Kier alpha value is -7.84. The van der Waals surface area contributed by atoms with Gasteiger partial charge in [0, 0.05) is 24.2 Å². The molecule has 6 aromatic rings. The van der Waals surface area contributed by atoms with E-state index in [-0.39, 0.29) is 17.8 Å². The Kier molecular flexibility index (Phi) is 14.8. The summed E-state index contributed by atoms with van der Waals surface area (Å²) in [7, 11) is 0. The van der Waals surface area contributed by atoms with Gasteiger partial charge in [0.2, 0.25) is 0 Å². The van der Waals surface area contributed by atoms with Crippen LogP contribution in [0.15, 0.2) is 131 Å². The molecule has 2 aromatic heterocycles. The quantitative estimate of drug-likeness (QED) is 0.104. The van der Waals surface area contributed by atoms with E-state index < -0.39 is 29.6 Å². The summed E-state index contributed by atoms with van der Waals surface area (Å²) in [4.78, 5) is 58.5. The van der Waals surface area contributed by atoms with Crippen LogP contribution >= 0.6 is 0 Å². The van der Waals surface area contributed by atoms with E-state index in [0.29, 0.717) is 60.0 Å². The molecule has 0 saturated heterocycles. The van der Waals surface area contributed by atoms with E-state index >= 15 is 0 Å². The normalized spacial score (nSPS) is 10.6. The van der Waals surface area contributed by atoms with Crippen molar-refractivity contribution in [2.24, 2.45) is 0 Å². The highest BCUT2D eigenvalue weighted by atomic mass is 16.6. The fourth-order valence-corrected chi connectivity index (χ4v) is 5.97. The number of carboxylic acid groups (broad SMARTS) is 1. The smallest absolute Gasteiger partial charge is 0.326 e. The number of nitriles is 2. The highest BCUT2D eigenvalue weighted by Crippen LogP contribution is 2.19. The molecule has 4 aromatic carbocycles. The van der Waals surface area contributed by atoms with Crippen molar-refractivity contribution in [2.75, 3.05) is 23.7 Å². The number of benzene rings is 4. The Morgan fingerprint density at radius 3 is 1.42 bits per heavy atom. The first-order valence-corrected chi connectivity index (χ1v) is 19.0. The molecule has 0 aliphatic carbocycles. The third kappa shape index (κ3) is 12.3. The van der Waals surface area contributed by atoms with E-state index in [4.69, 9.17) is 15.3 Å². The number of ether oxygens (including phenoxy) is 1. The molecule has 3 N–H and O–H groups in total. The number of rotatable bonds is 14. The van der Waals surface area contributed by atoms with Gasteiger partial charge < -0.3 is 20.5 Å². The number of carbonyl (C=O) groups is 2. The van der Waals surface area contributed by atoms with Gasteiger partial charge in [-0.25, -0.2) is 9.97 Å². The predicted molar refractivity (Wildman–Crippen MR) is 228 cm³/mol. The second kappa shape index (κ2) is 20.5. The number of nitrogens with one attached hydrogen (secondary N) is 2. The van der Waals surface area contributed by atoms with E-state index in [2.05, 4.69) is 32.7 Å². The third-order valence-electron chi connectivity index (χ3n) is 8.78. The van der Waals surface area contributed by atoms with E-state index in [1.54, 1.807) is 69.3 Å². The van der Waals surface area contributed by atoms with E-state index in [1.807, 2.05) is 60.7 Å². The van der Waals surface area contributed by atoms with Crippen molar-refractivity contribution in [3.05, 3.63) is 165 Å². The largest absolute Gasteiger partial charge is 0.480 e. The van der Waals surface area contributed by atoms with Crippen LogP contribution in [0.3, 0.4) is 0 Å². The van der Waals surface area contributed by atoms with Crippen molar-refractivity contribution >= 4 is 23.3 Å². The lowest BCUT2D eigenvalue weighted by molar-refractivity contribution is -0.155. The lowest BCUT2D eigenvalue weighted by Crippen LogP contribution is -2.33. The van der Waals surface area contributed by atoms with Gasteiger partial charge in [0.15, 0.2) is 0 Å². The minimum Gasteiger partial charge on any atom is -0.480 e. The molecule has 0 fully saturated rings. The molecule has 14 heteroatoms. The second-order valence-corrected chi connectivity index (χ2v) is 14.5. The van der Waals surface area contributed by atoms with Crippen LogP contribution in [0.1, 0.15) is 43.0 Å². The zero-order valence-corrected chi connectivity index (χ0v) is 33.5. The van der Waals surface area contributed by atoms with Gasteiger partial charge in [-0.2, -0.15) is 10.5 Å². The second-order valence-electron chi connectivity index (χ2n) is 14.5. The highest BCUT2D eigenvalue weighted by Gasteiger charge is 2.20. The van der Waals surface area contributed by atoms with Crippen molar-refractivity contribution in [3.63, 3.8) is 0 Å². The van der Waals surface area contributed by atoms with Gasteiger partial charge in [0.05, 0.1) is 35.7 Å². The molecule has 0 bridgehead atoms. The van der Waals surface area contributed by atoms with E-state index in [1.165, 1.54) is 17.0 Å². The molecule has 0 aliphatic rings. The molecule has 60 heavy (non-hydrogen) atoms. The van der Waals surface area contributed by atoms with E-state index in [0.717, 1.165) is 21.3 Å². The maximum atomic E-state index is 13.2. The summed E-state index contributed by atoms with van der Waals surface area (Å²) in [5, 5.41) is 33.1. The number of hydrogen-bond donors (Lipinski definition) is 3. The van der Waals surface area contributed by atoms with Crippen LogP contribution in [0.25, 0.3) is 22.8 Å². The van der Waals surface area contributed by atoms with Crippen LogP contribution < -0.4 is 21.8 Å². The molecule has 304 valence electrons. The van der Waals surface area contributed by atoms with Gasteiger partial charge in [-0.1, -0.05) is 84.9 Å². The van der Waals surface area contributed by atoms with Crippen molar-refractivity contribution in [1.29, 1.82) is 10.5 Å². The first-order valence-electron chi connectivity index (χ1n) is 19.0. The van der Waals surface area contributed by atoms with Gasteiger partial charge in [0.1, 0.15) is 41.7 Å². The van der Waals surface area contributed by atoms with Crippen molar-refractivity contribution < 1.29 is 19.4 Å². The number of hydrogen-bond acceptors (Lipinski definition) is 11. The Bertz CT molecular complexity index is 2610. The lowest BCUT2D eigenvalue weighted by atomic mass is 10.1. The number of aromatic nitrogens is 4. The molecular weight excluding hydrogens is 761 g/mol. The number of carboxylic acids is 1. The van der Waals surface area contributed by atoms with Crippen LogP contribution in [0.5, 0.6) is 0 Å². The molecule has 0 spiro atoms. The molecule has 0 atom stereocenters. The average Bonchev–Trinajstić information content (AvgIpc) is 3.24. The highest BCUT2D eigenvalue weighted by molar-refractivity contribution is 5.71. The standard InChI is InChI=1S/C25H26N4O3.C21H18N4O3/c1-25(2,3)32-22(30)17-29-23(20-7-5-4-6-8-20)28-16-21(24(29)31)27-14-13-18-9-11-19(15-26)12-10-18;22-12-16-8-6-15(7-9-16)10-11-23-18-13-24-20(17-4-2-1-3-5-17)25(21(18)28)14-19(26)27/h4-12,16,27H,13-14,17H2,1-3H3;1-9,13,23H,10-11,14H2,(H,26,27). The number of aliphatic carboxylic acids is 1. The van der Waals surface area contributed by atoms with Crippen LogP contribution in [-0.4, -0.2) is 54.8 Å². The fourth-order valence-electron chi connectivity index (χ4n) is 5.97. The van der Waals surface area contributed by atoms with Crippen molar-refractivity contribution in [3.8, 4) is 34.9 Å². The van der Waals surface area contributed by atoms with Gasteiger partial charge in [0.25, 0.3) is 11.1 Å². The third-order valence-corrected chi connectivity index (χ3v) is 8.78. The fraction of sp³-hybridized carbons (Fsp3) is 0.217. The summed E-state index contributed by atoms with van der Waals surface area (Å²) in [6.45, 7) is 5.61. The summed E-state index contributed by atoms with van der Waals surface area (Å²) in [5.41, 5.74) is 3.78. The number of carbonyl (C=O) groups excluding carboxylic acids is 1. The minimum atomic E-state index is -1.11. The average molecular weight is 805 g/mol. The monoisotopic (exact) mass is 804 g/mol. The van der Waals surface area contributed by atoms with Crippen LogP contribution in [0, 0.1) is 22.7 Å². The Morgan fingerprint density at radius 2 is 1.05 bits per heavy atom. The minimum absolute atomic E-state index is 0.238. The molecular formula is C46H44N8O6. The molecule has 2 heterocycles. The van der Waals surface area contributed by atoms with E-state index in [9.17, 15) is 24.3 Å². The maximum Gasteiger partial charge on any atom is 0.326 e. The van der Waals surface area contributed by atoms with Gasteiger partial charge >= 0.3 is 11.9 Å². The SMILES string of the molecule is CC(C)(C)OC(=O)Cn1c(-c2ccccc2)ncc(NCCc2ccc(C#N)cc2)c1=O.N#Cc1ccc(CCNc2cnc(-c3ccccc3)n(CC(=O)O)c2=O)cc1. The first-order chi connectivity index (χ1) is 28.8. The van der Waals surface area contributed by atoms with Crippen molar-refractivity contribution in [1.82, 2.24) is 19.1 Å². The number of esters is 1. The Morgan fingerprint density at radius 1 is 0.650 bits per heavy atom. The Labute approximate surface area is 347 Å². The predicted octanol–water partition coefficient (Wildman–Crippen LogP) is 6.30. The summed E-state index contributed by atoms with van der Waals surface area (Å²) in [6, 6.07) is 36.9. The zero-order chi connectivity index (χ0) is 43.1. The topological polar surface area (TPSA) is 205 Å². The summed E-state index contributed by atoms with van der Waals surface area (Å²) >= 11 is 0. The Balaban J connectivity index is 0.000000230. The van der Waals surface area contributed by atoms with Gasteiger partial charge in [-0.15, -0.1) is 0 Å². The van der Waals surface area contributed by atoms with Gasteiger partial charge in [-0.05, 0) is 69.0 Å². The molecule has 0 unspecified atom stereocenters. The summed E-state index contributed by atoms with van der Waals surface area (Å²) in [6.07, 6.45) is 4.24. The van der Waals surface area contributed by atoms with Crippen molar-refractivity contribution in [2.45, 2.75) is 52.3 Å². The molecule has 0 aliphatic heterocycles. The van der Waals surface area contributed by atoms with Crippen LogP contribution in [0.4, 0.5) is 11.4 Å². The van der Waals surface area contributed by atoms with Crippen LogP contribution in [0.2, 0.25) is 0 Å². The molecule has 6 rings (SSSR count). The summed E-state index contributed by atoms with van der Waals surface area (Å²) in [5.74, 6) is -0.908. The van der Waals surface area contributed by atoms with Gasteiger partial charge in [-0.3, -0.25) is 28.3 Å². The first kappa shape index (κ1) is 43.3. The molecule has 0 amide bonds. The molecule has 0 radical (unpaired) electrons. The zero-order valence-electron chi connectivity index (χ0n) is 33.5. The maximum absolute atomic E-state index is 13.2. The molecule has 14 nitrogen and oxygen atoms in total.